The van der Waals surface area contributed by atoms with Gasteiger partial charge in [-0.1, -0.05) is 61.0 Å². The maximum Gasteiger partial charge on any atom is 0.322 e. The van der Waals surface area contributed by atoms with Crippen molar-refractivity contribution in [3.05, 3.63) is 108 Å². The van der Waals surface area contributed by atoms with E-state index >= 15 is 4.79 Å². The highest BCUT2D eigenvalue weighted by molar-refractivity contribution is 7.81. The second-order valence-corrected chi connectivity index (χ2v) is 28.0. The molecule has 3 aromatic carbocycles. The number of hydrogen-bond acceptors (Lipinski definition) is 22. The molecule has 3 heterocycles. The highest BCUT2D eigenvalue weighted by atomic mass is 32.1. The number of aromatic amines is 3. The lowest BCUT2D eigenvalue weighted by Gasteiger charge is -2.29. The lowest BCUT2D eigenvalue weighted by atomic mass is 10.00. The van der Waals surface area contributed by atoms with Gasteiger partial charge in [0, 0.05) is 102 Å². The maximum absolute atomic E-state index is 15.2. The van der Waals surface area contributed by atoms with Crippen LogP contribution in [0.3, 0.4) is 0 Å². The van der Waals surface area contributed by atoms with Crippen molar-refractivity contribution in [1.29, 1.82) is 0 Å². The van der Waals surface area contributed by atoms with E-state index in [4.69, 9.17) is 16.6 Å². The molecule has 0 aliphatic rings. The van der Waals surface area contributed by atoms with Crippen molar-refractivity contribution >= 4 is 147 Å². The van der Waals surface area contributed by atoms with E-state index in [0.717, 1.165) is 20.8 Å². The highest BCUT2D eigenvalue weighted by Gasteiger charge is 2.39. The number of hydrogen-bond donors (Lipinski definition) is 25. The fourth-order valence-electron chi connectivity index (χ4n) is 11.6. The molecular weight excluding hydrogens is 1520 g/mol. The molecule has 1 unspecified atom stereocenters. The molecule has 0 bridgehead atoms. The zero-order chi connectivity index (χ0) is 83.8. The lowest BCUT2D eigenvalue weighted by Crippen LogP contribution is -2.63. The molecule has 6 aromatic rings. The third-order valence-electron chi connectivity index (χ3n) is 17.7. The second-order valence-electron chi connectivity index (χ2n) is 26.7. The maximum atomic E-state index is 15.2. The first kappa shape index (κ1) is 92.4. The summed E-state index contributed by atoms with van der Waals surface area (Å²) in [5, 5.41) is 98.3. The molecule has 6 rings (SSSR count). The van der Waals surface area contributed by atoms with Crippen molar-refractivity contribution in [2.75, 3.05) is 25.4 Å². The third kappa shape index (κ3) is 29.8. The Balaban J connectivity index is 0.00000212. The lowest BCUT2D eigenvalue weighted by molar-refractivity contribution is -0.140. The zero-order valence-corrected chi connectivity index (χ0v) is 64.1. The van der Waals surface area contributed by atoms with E-state index < -0.39 is 205 Å². The number of thiol groups is 2. The molecule has 113 heavy (non-hydrogen) atoms. The number of carboxylic acids is 4. The van der Waals surface area contributed by atoms with Gasteiger partial charge in [0.25, 0.3) is 0 Å². The quantitative estimate of drug-likeness (QED) is 0.0136. The normalized spacial score (nSPS) is 14.9. The van der Waals surface area contributed by atoms with Crippen LogP contribution >= 0.6 is 25.3 Å². The summed E-state index contributed by atoms with van der Waals surface area (Å²) in [6, 6.07) is 3.57. The third-order valence-corrected chi connectivity index (χ3v) is 18.2. The van der Waals surface area contributed by atoms with Crippen LogP contribution in [-0.2, 0) is 91.2 Å². The molecule has 0 saturated carbocycles. The molecule has 0 saturated heterocycles. The number of rotatable bonds is 46. The van der Waals surface area contributed by atoms with Crippen LogP contribution in [0, 0.1) is 0 Å². The van der Waals surface area contributed by atoms with Gasteiger partial charge >= 0.3 is 23.9 Å². The Hall–Kier alpha value is -11.2. The molecule has 0 radical (unpaired) electrons. The molecule has 616 valence electrons. The molecular formula is C73H100N16O22S2. The second kappa shape index (κ2) is 46.0. The van der Waals surface area contributed by atoms with Gasteiger partial charge in [0.15, 0.2) is 0 Å². The topological polar surface area (TPSA) is 629 Å². The summed E-state index contributed by atoms with van der Waals surface area (Å²) in [5.41, 5.74) is 14.7. The Morgan fingerprint density at radius 3 is 1.03 bits per heavy atom. The van der Waals surface area contributed by atoms with Gasteiger partial charge < -0.3 is 121 Å². The number of nitrogens with one attached hydrogen (secondary N) is 14. The van der Waals surface area contributed by atoms with E-state index in [-0.39, 0.29) is 50.4 Å². The summed E-state index contributed by atoms with van der Waals surface area (Å²) >= 11 is 7.86. The zero-order valence-electron chi connectivity index (χ0n) is 62.4. The molecule has 0 spiro atoms. The van der Waals surface area contributed by atoms with Crippen molar-refractivity contribution < 1.29 is 108 Å². The Labute approximate surface area is 658 Å². The first-order chi connectivity index (χ1) is 53.5. The molecule has 0 aliphatic heterocycles. The molecule has 11 amide bonds. The molecule has 0 aliphatic carbocycles. The van der Waals surface area contributed by atoms with E-state index in [1.165, 1.54) is 6.20 Å². The van der Waals surface area contributed by atoms with Crippen molar-refractivity contribution in [2.45, 2.75) is 189 Å². The molecule has 14 atom stereocenters. The van der Waals surface area contributed by atoms with Crippen molar-refractivity contribution in [3.63, 3.8) is 0 Å². The number of para-hydroxylation sites is 3. The summed E-state index contributed by atoms with van der Waals surface area (Å²) in [6.45, 7) is 4.95. The number of aromatic nitrogens is 3. The standard InChI is InChI=1S/C68H91N15O19S.C5H9NO3S/c1-34(84)56(66(100)77-47(19-22-53(87)88)60(94)71-26-27-103)83-65(99)52(30-39-33-74-46-18-9-6-14-42(39)46)78-64(98)51(29-38-32-73-45-17-8-5-13-41(38)45)80-68(102)58(36(3)86)82-62(96)49(21-24-55(91)92)76-63(97)50(28-37-31-72-44-16-7-4-12-40(37)44)79-67(101)57(35(2)85)81-61(95)48(20-23-54(89)90)75-59(93)43(70)15-10-11-25-69;1-3(10)5(9)6-2-4(7)8/h4-9,12-14,16-18,31-36,43,47-52,56-58,72-74,84-86,103H,10-11,15,19-30,69-70H2,1-3H3,(H,71,94)(H,75,93)(H,76,97)(H,77,100)(H,78,98)(H,79,101)(H,80,102)(H,81,95)(H,82,96)(H,83,99)(H,87,88)(H,89,90)(H,91,92);3,10H,2H2,1H3,(H,6,9)(H,7,8)/t34-,35-,36-,43+,47+,48+,49+,50+,51+,52+,56+,57+,58+;/m1./s1. The van der Waals surface area contributed by atoms with Crippen LogP contribution in [0.4, 0.5) is 0 Å². The van der Waals surface area contributed by atoms with Crippen LogP contribution in [0.5, 0.6) is 0 Å². The van der Waals surface area contributed by atoms with Crippen molar-refractivity contribution in [2.24, 2.45) is 11.5 Å². The number of nitrogens with two attached hydrogens (primary N) is 2. The Kier molecular flexibility index (Phi) is 37.6. The number of aliphatic carboxylic acids is 4. The predicted octanol–water partition coefficient (Wildman–Crippen LogP) is -2.73. The highest BCUT2D eigenvalue weighted by Crippen LogP contribution is 2.24. The molecule has 0 fully saturated rings. The summed E-state index contributed by atoms with van der Waals surface area (Å²) < 4.78 is 0. The van der Waals surface area contributed by atoms with Gasteiger partial charge in [-0.25, -0.2) is 0 Å². The monoisotopic (exact) mass is 1620 g/mol. The van der Waals surface area contributed by atoms with Gasteiger partial charge in [0.1, 0.15) is 60.9 Å². The van der Waals surface area contributed by atoms with E-state index in [2.05, 4.69) is 98.7 Å². The SMILES string of the molecule is CC(S)C(=O)NCC(=O)O.C[C@@H](O)[C@H](NC(=O)[C@H](Cc1c[nH]c2ccccc12)NC(=O)[C@H](Cc1c[nH]c2ccccc12)NC(=O)[C@@H](NC(=O)[C@H](CCC(=O)O)NC(=O)[C@H](Cc1c[nH]c2ccccc12)NC(=O)[C@@H](NC(=O)[C@H](CCC(=O)O)NC(=O)[C@@H](N)CCCCN)[C@@H](C)O)[C@@H](C)O)C(=O)N[C@@H](CCC(=O)O)C(=O)NCCS. The van der Waals surface area contributed by atoms with Crippen LogP contribution in [-0.4, -0.2) is 249 Å². The number of carbonyl (C=O) groups is 15. The number of carboxylic acid groups (broad SMARTS) is 4. The first-order valence-corrected chi connectivity index (χ1v) is 37.3. The fourth-order valence-corrected chi connectivity index (χ4v) is 11.8. The molecule has 40 heteroatoms. The molecule has 38 nitrogen and oxygen atoms in total. The van der Waals surface area contributed by atoms with Crippen molar-refractivity contribution in [3.8, 4) is 0 Å². The van der Waals surface area contributed by atoms with Gasteiger partial charge in [-0.2, -0.15) is 25.3 Å². The minimum atomic E-state index is -2.03. The van der Waals surface area contributed by atoms with E-state index in [1.807, 2.05) is 0 Å². The Morgan fingerprint density at radius 2 is 0.699 bits per heavy atom. The smallest absolute Gasteiger partial charge is 0.322 e. The number of amides is 11. The van der Waals surface area contributed by atoms with Crippen LogP contribution in [0.15, 0.2) is 91.4 Å². The first-order valence-electron chi connectivity index (χ1n) is 36.1. The van der Waals surface area contributed by atoms with Gasteiger partial charge in [0.05, 0.1) is 29.6 Å². The Morgan fingerprint density at radius 1 is 0.389 bits per heavy atom. The number of carbonyl (C=O) groups excluding carboxylic acids is 11. The van der Waals surface area contributed by atoms with Gasteiger partial charge in [-0.3, -0.25) is 71.9 Å². The fraction of sp³-hybridized carbons (Fsp3) is 0.466. The summed E-state index contributed by atoms with van der Waals surface area (Å²) in [4.78, 5) is 208. The number of aliphatic hydroxyl groups excluding tert-OH is 3. The van der Waals surface area contributed by atoms with Gasteiger partial charge in [0.2, 0.25) is 65.0 Å². The number of benzene rings is 3. The van der Waals surface area contributed by atoms with Crippen LogP contribution in [0.1, 0.15) is 102 Å². The predicted molar refractivity (Wildman–Crippen MR) is 416 cm³/mol. The van der Waals surface area contributed by atoms with Crippen LogP contribution in [0.2, 0.25) is 0 Å². The summed E-state index contributed by atoms with van der Waals surface area (Å²) in [5.74, 6) is -16.2. The average Bonchev–Trinajstić information content (AvgIpc) is 1.73. The number of H-pyrrole nitrogens is 3. The van der Waals surface area contributed by atoms with Gasteiger partial charge in [-0.05, 0) is 101 Å². The van der Waals surface area contributed by atoms with Crippen LogP contribution in [0.25, 0.3) is 32.7 Å². The number of fused-ring (bicyclic) bond motifs is 3. The van der Waals surface area contributed by atoms with Gasteiger partial charge in [-0.15, -0.1) is 0 Å². The molecule has 3 aromatic heterocycles. The Bertz CT molecular complexity index is 4300. The van der Waals surface area contributed by atoms with Crippen molar-refractivity contribution in [1.82, 2.24) is 73.4 Å². The van der Waals surface area contributed by atoms with E-state index in [9.17, 15) is 97.8 Å². The minimum absolute atomic E-state index is 0.0426. The van der Waals surface area contributed by atoms with E-state index in [1.54, 1.807) is 92.1 Å². The summed E-state index contributed by atoms with van der Waals surface area (Å²) in [7, 11) is 0. The van der Waals surface area contributed by atoms with Crippen LogP contribution < -0.4 is 70.0 Å². The average molecular weight is 1620 g/mol. The number of aliphatic hydroxyl groups is 3. The molecule has 25 N–H and O–H groups in total. The minimum Gasteiger partial charge on any atom is -0.481 e. The van der Waals surface area contributed by atoms with E-state index in [0.29, 0.717) is 68.8 Å². The largest absolute Gasteiger partial charge is 0.481 e. The summed E-state index contributed by atoms with van der Waals surface area (Å²) in [6.07, 6.45) is -4.13. The number of unbranched alkanes of at least 4 members (excludes halogenated alkanes) is 1.